The zero-order valence-electron chi connectivity index (χ0n) is 21.6. The first-order valence-corrected chi connectivity index (χ1v) is 12.4. The number of hydrogen-bond donors (Lipinski definition) is 1. The molecule has 0 aliphatic heterocycles. The molecule has 0 spiro atoms. The third-order valence-corrected chi connectivity index (χ3v) is 6.17. The minimum Gasteiger partial charge on any atom is -0.465 e. The van der Waals surface area contributed by atoms with Gasteiger partial charge in [-0.3, -0.25) is 18.5 Å². The van der Waals surface area contributed by atoms with Crippen molar-refractivity contribution in [1.82, 2.24) is 18.7 Å². The number of fused-ring (bicyclic) bond motifs is 1. The van der Waals surface area contributed by atoms with E-state index in [1.165, 1.54) is 29.8 Å². The van der Waals surface area contributed by atoms with E-state index >= 15 is 0 Å². The number of halogens is 3. The third-order valence-electron chi connectivity index (χ3n) is 6.17. The second-order valence-electron chi connectivity index (χ2n) is 9.16. The number of ether oxygens (including phenoxy) is 2. The fraction of sp³-hybridized carbons (Fsp3) is 0.370. The quantitative estimate of drug-likeness (QED) is 0.289. The normalized spacial score (nSPS) is 11.7. The third kappa shape index (κ3) is 6.69. The van der Waals surface area contributed by atoms with E-state index in [9.17, 15) is 27.9 Å². The van der Waals surface area contributed by atoms with Crippen LogP contribution >= 0.6 is 0 Å². The van der Waals surface area contributed by atoms with Gasteiger partial charge in [-0.2, -0.15) is 4.98 Å². The Balaban J connectivity index is 1.61. The Kier molecular flexibility index (Phi) is 8.44. The molecule has 39 heavy (non-hydrogen) atoms. The predicted molar refractivity (Wildman–Crippen MR) is 138 cm³/mol. The highest BCUT2D eigenvalue weighted by atomic mass is 19.4. The van der Waals surface area contributed by atoms with Gasteiger partial charge in [0.2, 0.25) is 0 Å². The van der Waals surface area contributed by atoms with Gasteiger partial charge in [0.05, 0.1) is 13.2 Å². The molecule has 2 aromatic heterocycles. The maximum atomic E-state index is 13.4. The molecule has 208 valence electrons. The van der Waals surface area contributed by atoms with E-state index in [2.05, 4.69) is 9.72 Å². The Labute approximate surface area is 221 Å². The molecule has 4 rings (SSSR count). The molecule has 0 fully saturated rings. The van der Waals surface area contributed by atoms with E-state index in [1.807, 2.05) is 31.2 Å². The number of alkyl halides is 3. The lowest BCUT2D eigenvalue weighted by Crippen LogP contribution is -2.39. The predicted octanol–water partition coefficient (Wildman–Crippen LogP) is 3.55. The number of nitrogens with zero attached hydrogens (tertiary/aromatic N) is 4. The highest BCUT2D eigenvalue weighted by Crippen LogP contribution is 2.24. The van der Waals surface area contributed by atoms with Crippen LogP contribution < -0.4 is 20.7 Å². The van der Waals surface area contributed by atoms with Crippen molar-refractivity contribution >= 4 is 11.2 Å². The summed E-state index contributed by atoms with van der Waals surface area (Å²) in [6.45, 7) is 2.27. The monoisotopic (exact) mass is 546 g/mol. The Morgan fingerprint density at radius 1 is 1.00 bits per heavy atom. The highest BCUT2D eigenvalue weighted by Gasteiger charge is 2.31. The molecule has 0 saturated carbocycles. The van der Waals surface area contributed by atoms with Gasteiger partial charge in [-0.1, -0.05) is 42.0 Å². The lowest BCUT2D eigenvalue weighted by Gasteiger charge is -2.12. The number of aromatic nitrogens is 4. The topological polar surface area (TPSA) is 101 Å². The van der Waals surface area contributed by atoms with Crippen LogP contribution in [0.4, 0.5) is 13.2 Å². The van der Waals surface area contributed by atoms with E-state index in [0.717, 1.165) is 15.7 Å². The van der Waals surface area contributed by atoms with Crippen LogP contribution in [-0.4, -0.2) is 43.4 Å². The molecule has 0 bridgehead atoms. The van der Waals surface area contributed by atoms with E-state index in [-0.39, 0.29) is 55.6 Å². The summed E-state index contributed by atoms with van der Waals surface area (Å²) in [7, 11) is 1.52. The maximum absolute atomic E-state index is 13.4. The molecule has 4 aromatic rings. The SMILES string of the molecule is Cc1ccc(Cn2c(OCCCc3cccc(OC(F)(F)F)c3)nc3c2c(=O)n(CCCO)c(=O)n3C)cc1. The summed E-state index contributed by atoms with van der Waals surface area (Å²) in [6, 6.07) is 13.6. The van der Waals surface area contributed by atoms with E-state index in [4.69, 9.17) is 4.74 Å². The number of rotatable bonds is 11. The summed E-state index contributed by atoms with van der Waals surface area (Å²) >= 11 is 0. The molecule has 0 saturated heterocycles. The first-order chi connectivity index (χ1) is 18.6. The summed E-state index contributed by atoms with van der Waals surface area (Å²) < 4.78 is 51.5. The number of aryl methyl sites for hydroxylation is 3. The van der Waals surface area contributed by atoms with Gasteiger partial charge in [-0.15, -0.1) is 13.2 Å². The second-order valence-corrected chi connectivity index (χ2v) is 9.16. The maximum Gasteiger partial charge on any atom is 0.573 e. The fourth-order valence-corrected chi connectivity index (χ4v) is 4.25. The minimum absolute atomic E-state index is 0.0565. The smallest absolute Gasteiger partial charge is 0.465 e. The van der Waals surface area contributed by atoms with E-state index < -0.39 is 17.6 Å². The van der Waals surface area contributed by atoms with Gasteiger partial charge in [0.15, 0.2) is 11.2 Å². The van der Waals surface area contributed by atoms with Gasteiger partial charge in [-0.25, -0.2) is 4.79 Å². The Morgan fingerprint density at radius 2 is 1.74 bits per heavy atom. The van der Waals surface area contributed by atoms with Crippen LogP contribution in [0.1, 0.15) is 29.5 Å². The average Bonchev–Trinajstić information content (AvgIpc) is 3.24. The zero-order valence-corrected chi connectivity index (χ0v) is 21.6. The average molecular weight is 547 g/mol. The van der Waals surface area contributed by atoms with Crippen LogP contribution in [0, 0.1) is 6.92 Å². The lowest BCUT2D eigenvalue weighted by atomic mass is 10.1. The van der Waals surface area contributed by atoms with E-state index in [1.54, 1.807) is 10.6 Å². The summed E-state index contributed by atoms with van der Waals surface area (Å²) in [5.41, 5.74) is 1.89. The number of aliphatic hydroxyl groups excluding tert-OH is 1. The standard InChI is InChI=1S/C27H29F3N4O5/c1-18-9-11-20(12-10-18)17-34-22-23(32(2)26(37)33(24(22)36)13-5-14-35)31-25(34)38-15-4-7-19-6-3-8-21(16-19)39-27(28,29)30/h3,6,8-12,16,35H,4-5,7,13-15,17H2,1-2H3. The largest absolute Gasteiger partial charge is 0.573 e. The minimum atomic E-state index is -4.77. The van der Waals surface area contributed by atoms with E-state index in [0.29, 0.717) is 18.4 Å². The molecule has 0 radical (unpaired) electrons. The van der Waals surface area contributed by atoms with Crippen LogP contribution in [0.25, 0.3) is 11.2 Å². The molecule has 0 atom stereocenters. The van der Waals surface area contributed by atoms with Crippen molar-refractivity contribution in [2.24, 2.45) is 7.05 Å². The molecule has 12 heteroatoms. The van der Waals surface area contributed by atoms with Gasteiger partial charge in [0, 0.05) is 20.2 Å². The van der Waals surface area contributed by atoms with Gasteiger partial charge in [0.25, 0.3) is 11.6 Å². The van der Waals surface area contributed by atoms with Crippen molar-refractivity contribution in [3.05, 3.63) is 86.1 Å². The molecule has 0 aliphatic rings. The second kappa shape index (κ2) is 11.8. The molecule has 0 unspecified atom stereocenters. The van der Waals surface area contributed by atoms with Crippen molar-refractivity contribution in [3.63, 3.8) is 0 Å². The molecule has 0 amide bonds. The molecule has 1 N–H and O–H groups in total. The lowest BCUT2D eigenvalue weighted by molar-refractivity contribution is -0.274. The van der Waals surface area contributed by atoms with Gasteiger partial charge < -0.3 is 14.6 Å². The van der Waals surface area contributed by atoms with Gasteiger partial charge >= 0.3 is 12.1 Å². The molecule has 9 nitrogen and oxygen atoms in total. The van der Waals surface area contributed by atoms with Crippen LogP contribution in [0.2, 0.25) is 0 Å². The zero-order chi connectivity index (χ0) is 28.2. The van der Waals surface area contributed by atoms with Crippen LogP contribution in [-0.2, 0) is 26.6 Å². The van der Waals surface area contributed by atoms with Crippen molar-refractivity contribution in [3.8, 4) is 11.8 Å². The Morgan fingerprint density at radius 3 is 2.44 bits per heavy atom. The van der Waals surface area contributed by atoms with Crippen molar-refractivity contribution < 1.29 is 27.8 Å². The molecular formula is C27H29F3N4O5. The molecule has 2 heterocycles. The molecule has 2 aromatic carbocycles. The van der Waals surface area contributed by atoms with Crippen LogP contribution in [0.15, 0.2) is 58.1 Å². The summed E-state index contributed by atoms with van der Waals surface area (Å²) in [4.78, 5) is 30.7. The van der Waals surface area contributed by atoms with Crippen molar-refractivity contribution in [2.75, 3.05) is 13.2 Å². The van der Waals surface area contributed by atoms with Gasteiger partial charge in [-0.05, 0) is 49.4 Å². The Hall–Kier alpha value is -4.06. The summed E-state index contributed by atoms with van der Waals surface area (Å²) in [5.74, 6) is -0.292. The van der Waals surface area contributed by atoms with Crippen molar-refractivity contribution in [1.29, 1.82) is 0 Å². The number of benzene rings is 2. The summed E-state index contributed by atoms with van der Waals surface area (Å²) in [6.07, 6.45) is -3.66. The van der Waals surface area contributed by atoms with Crippen LogP contribution in [0.5, 0.6) is 11.8 Å². The fourth-order valence-electron chi connectivity index (χ4n) is 4.25. The highest BCUT2D eigenvalue weighted by molar-refractivity contribution is 5.72. The van der Waals surface area contributed by atoms with Gasteiger partial charge in [0.1, 0.15) is 5.75 Å². The molecular weight excluding hydrogens is 517 g/mol. The number of imidazole rings is 1. The summed E-state index contributed by atoms with van der Waals surface area (Å²) in [5, 5.41) is 9.22. The first-order valence-electron chi connectivity index (χ1n) is 12.4. The number of aliphatic hydroxyl groups is 1. The number of hydrogen-bond acceptors (Lipinski definition) is 6. The first kappa shape index (κ1) is 28.0. The Bertz CT molecular complexity index is 1560. The van der Waals surface area contributed by atoms with Crippen LogP contribution in [0.3, 0.4) is 0 Å². The van der Waals surface area contributed by atoms with Crippen molar-refractivity contribution in [2.45, 2.75) is 45.6 Å². The molecule has 0 aliphatic carbocycles.